The molecule has 1 N–H and O–H groups in total. The zero-order valence-electron chi connectivity index (χ0n) is 20.9. The first-order valence-electron chi connectivity index (χ1n) is 12.2. The average Bonchev–Trinajstić information content (AvgIpc) is 2.92. The van der Waals surface area contributed by atoms with Gasteiger partial charge < -0.3 is 19.7 Å². The summed E-state index contributed by atoms with van der Waals surface area (Å²) in [4.78, 5) is 20.0. The molecule has 3 aromatic rings. The van der Waals surface area contributed by atoms with Gasteiger partial charge in [0.2, 0.25) is 5.91 Å². The number of carbonyl (C=O) groups is 1. The highest BCUT2D eigenvalue weighted by Gasteiger charge is 2.36. The summed E-state index contributed by atoms with van der Waals surface area (Å²) in [6.07, 6.45) is 4.36. The molecule has 3 aromatic carbocycles. The number of hydrogen-bond donors (Lipinski definition) is 1. The van der Waals surface area contributed by atoms with Crippen molar-refractivity contribution in [1.29, 1.82) is 0 Å². The Hall–Kier alpha value is -3.90. The van der Waals surface area contributed by atoms with Crippen LogP contribution in [-0.4, -0.2) is 56.9 Å². The summed E-state index contributed by atoms with van der Waals surface area (Å²) >= 11 is 0. The summed E-state index contributed by atoms with van der Waals surface area (Å²) in [7, 11) is 5.50. The summed E-state index contributed by atoms with van der Waals surface area (Å²) in [5, 5.41) is 2.94. The van der Waals surface area contributed by atoms with E-state index < -0.39 is 0 Å². The number of likely N-dealkylation sites (tertiary alicyclic amines) is 1. The molecular weight excluding hydrogens is 450 g/mol. The predicted octanol–water partition coefficient (Wildman–Crippen LogP) is 4.99. The van der Waals surface area contributed by atoms with Gasteiger partial charge in [0, 0.05) is 35.4 Å². The number of benzene rings is 3. The van der Waals surface area contributed by atoms with Gasteiger partial charge in [-0.2, -0.15) is 0 Å². The molecule has 184 valence electrons. The van der Waals surface area contributed by atoms with Gasteiger partial charge in [-0.1, -0.05) is 42.5 Å². The maximum Gasteiger partial charge on any atom is 0.248 e. The molecule has 1 amide bonds. The van der Waals surface area contributed by atoms with Crippen molar-refractivity contribution < 1.29 is 14.3 Å². The molecule has 2 atom stereocenters. The van der Waals surface area contributed by atoms with Crippen LogP contribution >= 0.6 is 0 Å². The van der Waals surface area contributed by atoms with Gasteiger partial charge in [0.25, 0.3) is 0 Å². The van der Waals surface area contributed by atoms with E-state index in [0.717, 1.165) is 53.3 Å². The van der Waals surface area contributed by atoms with Crippen LogP contribution in [0, 0.1) is 0 Å². The van der Waals surface area contributed by atoms with Crippen molar-refractivity contribution in [3.63, 3.8) is 0 Å². The van der Waals surface area contributed by atoms with Crippen molar-refractivity contribution in [3.8, 4) is 11.5 Å². The molecule has 6 nitrogen and oxygen atoms in total. The number of methoxy groups -OCH3 is 2. The van der Waals surface area contributed by atoms with Crippen molar-refractivity contribution in [2.45, 2.75) is 18.4 Å². The first kappa shape index (κ1) is 23.8. The predicted molar refractivity (Wildman–Crippen MR) is 144 cm³/mol. The molecule has 0 bridgehead atoms. The third kappa shape index (κ3) is 4.90. The largest absolute Gasteiger partial charge is 0.493 e. The summed E-state index contributed by atoms with van der Waals surface area (Å²) in [6, 6.07) is 22.0. The van der Waals surface area contributed by atoms with Crippen LogP contribution in [0.2, 0.25) is 0 Å². The second-order valence-corrected chi connectivity index (χ2v) is 9.31. The maximum atomic E-state index is 12.4. The average molecular weight is 482 g/mol. The van der Waals surface area contributed by atoms with Gasteiger partial charge in [-0.3, -0.25) is 9.79 Å². The summed E-state index contributed by atoms with van der Waals surface area (Å²) in [5.74, 6) is 1.59. The SMILES string of the molecule is COc1cc2c(cc1OC)[C@H]1CN(C)CC[C@H]1N=C2c1ccc(NC(=O)/C=C/c2ccccc2)cc1. The van der Waals surface area contributed by atoms with Crippen molar-refractivity contribution in [2.75, 3.05) is 39.7 Å². The van der Waals surface area contributed by atoms with Crippen molar-refractivity contribution >= 4 is 23.4 Å². The molecule has 0 radical (unpaired) electrons. The smallest absolute Gasteiger partial charge is 0.248 e. The number of nitrogens with one attached hydrogen (secondary N) is 1. The standard InChI is InChI=1S/C30H31N3O3/c1-33-16-15-26-25(19-33)23-17-27(35-2)28(36-3)18-24(23)30(32-26)21-10-12-22(13-11-21)31-29(34)14-9-20-7-5-4-6-8-20/h4-14,17-18,25-26H,15-16,19H2,1-3H3,(H,31,34)/b14-9+/t25-,26-/m1/s1. The molecule has 0 aromatic heterocycles. The zero-order valence-corrected chi connectivity index (χ0v) is 20.9. The van der Waals surface area contributed by atoms with Crippen LogP contribution in [0.1, 0.15) is 34.6 Å². The Morgan fingerprint density at radius 3 is 2.47 bits per heavy atom. The van der Waals surface area contributed by atoms with Gasteiger partial charge in [0.1, 0.15) is 0 Å². The molecular formula is C30H31N3O3. The molecule has 1 fully saturated rings. The number of piperidine rings is 1. The highest BCUT2D eigenvalue weighted by Crippen LogP contribution is 2.42. The topological polar surface area (TPSA) is 63.2 Å². The van der Waals surface area contributed by atoms with Gasteiger partial charge >= 0.3 is 0 Å². The Morgan fingerprint density at radius 1 is 1.03 bits per heavy atom. The molecule has 2 aliphatic heterocycles. The number of anilines is 1. The molecule has 2 heterocycles. The van der Waals surface area contributed by atoms with Crippen LogP contribution in [0.3, 0.4) is 0 Å². The summed E-state index contributed by atoms with van der Waals surface area (Å²) in [5.41, 5.74) is 6.01. The van der Waals surface area contributed by atoms with E-state index in [-0.39, 0.29) is 11.9 Å². The molecule has 0 unspecified atom stereocenters. The van der Waals surface area contributed by atoms with Gasteiger partial charge in [0.05, 0.1) is 26.0 Å². The Kier molecular flexibility index (Phi) is 6.87. The molecule has 36 heavy (non-hydrogen) atoms. The highest BCUT2D eigenvalue weighted by atomic mass is 16.5. The van der Waals surface area contributed by atoms with Crippen molar-refractivity contribution in [3.05, 3.63) is 95.1 Å². The zero-order chi connectivity index (χ0) is 25.1. The highest BCUT2D eigenvalue weighted by molar-refractivity contribution is 6.15. The van der Waals surface area contributed by atoms with Crippen molar-refractivity contribution in [1.82, 2.24) is 4.90 Å². The van der Waals surface area contributed by atoms with E-state index >= 15 is 0 Å². The van der Waals surface area contributed by atoms with E-state index in [4.69, 9.17) is 14.5 Å². The van der Waals surface area contributed by atoms with E-state index in [1.807, 2.05) is 60.7 Å². The molecule has 5 rings (SSSR count). The monoisotopic (exact) mass is 481 g/mol. The van der Waals surface area contributed by atoms with Crippen LogP contribution in [0.15, 0.2) is 77.8 Å². The Balaban J connectivity index is 1.42. The van der Waals surface area contributed by atoms with Crippen LogP contribution < -0.4 is 14.8 Å². The lowest BCUT2D eigenvalue weighted by Crippen LogP contribution is -2.41. The molecule has 0 aliphatic carbocycles. The van der Waals surface area contributed by atoms with Gasteiger partial charge in [0.15, 0.2) is 11.5 Å². The minimum atomic E-state index is -0.169. The normalized spacial score (nSPS) is 19.2. The Bertz CT molecular complexity index is 1300. The molecule has 2 aliphatic rings. The minimum absolute atomic E-state index is 0.169. The number of hydrogen-bond acceptors (Lipinski definition) is 5. The van der Waals surface area contributed by atoms with Gasteiger partial charge in [-0.25, -0.2) is 0 Å². The van der Waals surface area contributed by atoms with E-state index in [0.29, 0.717) is 11.7 Å². The number of carbonyl (C=O) groups excluding carboxylic acids is 1. The lowest BCUT2D eigenvalue weighted by molar-refractivity contribution is -0.111. The second kappa shape index (κ2) is 10.4. The molecule has 0 saturated carbocycles. The van der Waals surface area contributed by atoms with Crippen LogP contribution in [0.25, 0.3) is 6.08 Å². The summed E-state index contributed by atoms with van der Waals surface area (Å²) < 4.78 is 11.2. The van der Waals surface area contributed by atoms with Gasteiger partial charge in [-0.15, -0.1) is 0 Å². The third-order valence-electron chi connectivity index (χ3n) is 6.94. The molecule has 1 saturated heterocycles. The van der Waals surface area contributed by atoms with Crippen LogP contribution in [0.5, 0.6) is 11.5 Å². The van der Waals surface area contributed by atoms with Crippen LogP contribution in [-0.2, 0) is 4.79 Å². The molecule has 0 spiro atoms. The number of fused-ring (bicyclic) bond motifs is 3. The van der Waals surface area contributed by atoms with Crippen LogP contribution in [0.4, 0.5) is 5.69 Å². The maximum absolute atomic E-state index is 12.4. The number of nitrogens with zero attached hydrogens (tertiary/aromatic N) is 2. The fourth-order valence-electron chi connectivity index (χ4n) is 5.07. The summed E-state index contributed by atoms with van der Waals surface area (Å²) in [6.45, 7) is 1.99. The number of likely N-dealkylation sites (N-methyl/N-ethyl adjacent to an activating group) is 1. The fourth-order valence-corrected chi connectivity index (χ4v) is 5.07. The Morgan fingerprint density at radius 2 is 1.75 bits per heavy atom. The lowest BCUT2D eigenvalue weighted by atomic mass is 9.79. The first-order chi connectivity index (χ1) is 17.6. The number of ether oxygens (including phenoxy) is 2. The lowest BCUT2D eigenvalue weighted by Gasteiger charge is -2.39. The minimum Gasteiger partial charge on any atom is -0.493 e. The van der Waals surface area contributed by atoms with E-state index in [9.17, 15) is 4.79 Å². The van der Waals surface area contributed by atoms with E-state index in [1.54, 1.807) is 26.4 Å². The van der Waals surface area contributed by atoms with Gasteiger partial charge in [-0.05, 0) is 61.5 Å². The third-order valence-corrected chi connectivity index (χ3v) is 6.94. The van der Waals surface area contributed by atoms with E-state index in [2.05, 4.69) is 23.3 Å². The van der Waals surface area contributed by atoms with E-state index in [1.165, 1.54) is 5.56 Å². The number of aliphatic imine (C=N–C) groups is 1. The molecule has 6 heteroatoms. The Labute approximate surface area is 212 Å². The fraction of sp³-hybridized carbons (Fsp3) is 0.267. The first-order valence-corrected chi connectivity index (χ1v) is 12.2. The number of rotatable bonds is 6. The number of amides is 1. The quantitative estimate of drug-likeness (QED) is 0.504. The second-order valence-electron chi connectivity index (χ2n) is 9.31. The van der Waals surface area contributed by atoms with Crippen molar-refractivity contribution in [2.24, 2.45) is 4.99 Å².